The molecule has 21 heteroatoms. The monoisotopic (exact) mass is 778 g/mol. The van der Waals surface area contributed by atoms with E-state index >= 15 is 0 Å². The number of hydrogen-bond acceptors (Lipinski definition) is 15. The maximum Gasteiger partial charge on any atom is 0.409 e. The molecule has 1 saturated carbocycles. The number of nitrogens with one attached hydrogen (secondary N) is 1. The molecule has 1 aromatic carbocycles. The number of sulfonamides is 1. The Morgan fingerprint density at radius 2 is 1.74 bits per heavy atom. The van der Waals surface area contributed by atoms with E-state index in [0.29, 0.717) is 41.7 Å². The number of carboxylic acids is 1. The topological polar surface area (TPSA) is 272 Å². The third-order valence-corrected chi connectivity index (χ3v) is 11.0. The van der Waals surface area contributed by atoms with Gasteiger partial charge < -0.3 is 55.1 Å². The second-order valence-corrected chi connectivity index (χ2v) is 15.3. The predicted octanol–water partition coefficient (Wildman–Crippen LogP) is -0.250. The highest BCUT2D eigenvalue weighted by Gasteiger charge is 2.48. The van der Waals surface area contributed by atoms with Crippen LogP contribution in [-0.2, 0) is 30.9 Å². The van der Waals surface area contributed by atoms with E-state index in [1.165, 1.54) is 45.9 Å². The SMILES string of the molecule is CCCS(=O)(=O)N[C@H]1C[C@@H](N(C)c2ncnc3c2ccn3C(=O)N(C)CCN(C)C(=O)OCc2ccc(O[C@@H]3O[C@H](C(=O)O)[C@@H](O)[C@H](O)[C@H]3O)c(N)c2)C1. The summed E-state index contributed by atoms with van der Waals surface area (Å²) in [6.07, 6.45) is -4.90. The van der Waals surface area contributed by atoms with E-state index in [1.807, 2.05) is 18.9 Å². The van der Waals surface area contributed by atoms with Crippen LogP contribution in [0.5, 0.6) is 5.75 Å². The summed E-state index contributed by atoms with van der Waals surface area (Å²) in [5, 5.41) is 40.0. The predicted molar refractivity (Wildman–Crippen MR) is 192 cm³/mol. The average Bonchev–Trinajstić information content (AvgIpc) is 3.55. The maximum absolute atomic E-state index is 13.4. The molecule has 7 N–H and O–H groups in total. The molecule has 5 atom stereocenters. The molecular weight excluding hydrogens is 732 g/mol. The van der Waals surface area contributed by atoms with Gasteiger partial charge >= 0.3 is 18.1 Å². The summed E-state index contributed by atoms with van der Waals surface area (Å²) >= 11 is 0. The van der Waals surface area contributed by atoms with Gasteiger partial charge in [0.1, 0.15) is 42.8 Å². The highest BCUT2D eigenvalue weighted by molar-refractivity contribution is 7.89. The lowest BCUT2D eigenvalue weighted by Crippen LogP contribution is -2.61. The quantitative estimate of drug-likeness (QED) is 0.115. The van der Waals surface area contributed by atoms with Crippen molar-refractivity contribution in [3.05, 3.63) is 42.4 Å². The Kier molecular flexibility index (Phi) is 12.5. The molecule has 0 radical (unpaired) electrons. The van der Waals surface area contributed by atoms with E-state index in [0.717, 1.165) is 0 Å². The van der Waals surface area contributed by atoms with Crippen LogP contribution < -0.4 is 20.1 Å². The van der Waals surface area contributed by atoms with Crippen molar-refractivity contribution >= 4 is 50.7 Å². The van der Waals surface area contributed by atoms with Gasteiger partial charge in [0.05, 0.1) is 16.8 Å². The summed E-state index contributed by atoms with van der Waals surface area (Å²) in [7, 11) is 1.67. The molecule has 3 heterocycles. The molecule has 2 amide bonds. The number of carbonyl (C=O) groups excluding carboxylic acids is 2. The molecule has 1 aliphatic heterocycles. The Labute approximate surface area is 311 Å². The van der Waals surface area contributed by atoms with Gasteiger partial charge in [0.25, 0.3) is 0 Å². The van der Waals surface area contributed by atoms with Crippen LogP contribution in [0.4, 0.5) is 21.1 Å². The molecule has 296 valence electrons. The number of fused-ring (bicyclic) bond motifs is 1. The number of aliphatic hydroxyl groups is 3. The number of rotatable bonds is 14. The number of ether oxygens (including phenoxy) is 3. The first-order valence-corrected chi connectivity index (χ1v) is 18.8. The number of anilines is 2. The minimum Gasteiger partial charge on any atom is -0.479 e. The molecule has 2 aromatic heterocycles. The fourth-order valence-corrected chi connectivity index (χ4v) is 7.48. The van der Waals surface area contributed by atoms with Gasteiger partial charge in [0, 0.05) is 52.5 Å². The molecule has 0 spiro atoms. The zero-order valence-electron chi connectivity index (χ0n) is 30.2. The molecule has 0 bridgehead atoms. The number of nitrogen functional groups attached to an aromatic ring is 1. The average molecular weight is 779 g/mol. The fourth-order valence-electron chi connectivity index (χ4n) is 6.12. The van der Waals surface area contributed by atoms with Crippen LogP contribution in [0, 0.1) is 0 Å². The van der Waals surface area contributed by atoms with Gasteiger partial charge in [-0.05, 0) is 43.0 Å². The van der Waals surface area contributed by atoms with Crippen molar-refractivity contribution in [2.24, 2.45) is 0 Å². The van der Waals surface area contributed by atoms with Crippen molar-refractivity contribution < 1.29 is 57.4 Å². The summed E-state index contributed by atoms with van der Waals surface area (Å²) < 4.78 is 44.4. The molecule has 1 saturated heterocycles. The van der Waals surface area contributed by atoms with Crippen molar-refractivity contribution in [1.82, 2.24) is 29.1 Å². The number of benzene rings is 1. The van der Waals surface area contributed by atoms with E-state index in [4.69, 9.17) is 19.9 Å². The van der Waals surface area contributed by atoms with Crippen LogP contribution in [0.2, 0.25) is 0 Å². The molecular formula is C33H46N8O12S. The lowest BCUT2D eigenvalue weighted by Gasteiger charge is -2.41. The second-order valence-electron chi connectivity index (χ2n) is 13.4. The fraction of sp³-hybridized carbons (Fsp3) is 0.545. The van der Waals surface area contributed by atoms with Gasteiger partial charge in [-0.25, -0.2) is 37.5 Å². The number of hydrogen-bond donors (Lipinski definition) is 6. The van der Waals surface area contributed by atoms with E-state index < -0.39 is 52.8 Å². The van der Waals surface area contributed by atoms with Crippen LogP contribution in [0.3, 0.4) is 0 Å². The Bertz CT molecular complexity index is 1940. The number of carbonyl (C=O) groups is 3. The molecule has 3 aromatic rings. The maximum atomic E-state index is 13.4. The van der Waals surface area contributed by atoms with Gasteiger partial charge in [-0.1, -0.05) is 13.0 Å². The minimum absolute atomic E-state index is 0.0152. The first kappa shape index (κ1) is 40.4. The summed E-state index contributed by atoms with van der Waals surface area (Å²) in [4.78, 5) is 51.0. The smallest absolute Gasteiger partial charge is 0.409 e. The van der Waals surface area contributed by atoms with E-state index in [2.05, 4.69) is 14.7 Å². The normalized spacial score (nSPS) is 24.0. The first-order chi connectivity index (χ1) is 25.5. The van der Waals surface area contributed by atoms with Crippen LogP contribution in [-0.4, -0.2) is 154 Å². The van der Waals surface area contributed by atoms with Crippen LogP contribution in [0.1, 0.15) is 31.7 Å². The van der Waals surface area contributed by atoms with E-state index in [1.54, 1.807) is 19.3 Å². The summed E-state index contributed by atoms with van der Waals surface area (Å²) in [5.41, 5.74) is 6.96. The second kappa shape index (κ2) is 16.7. The molecule has 54 heavy (non-hydrogen) atoms. The van der Waals surface area contributed by atoms with Gasteiger partial charge in [0.15, 0.2) is 11.8 Å². The zero-order valence-corrected chi connectivity index (χ0v) is 31.0. The number of aliphatic carboxylic acids is 1. The molecule has 2 fully saturated rings. The van der Waals surface area contributed by atoms with Gasteiger partial charge in [-0.15, -0.1) is 0 Å². The summed E-state index contributed by atoms with van der Waals surface area (Å²) in [6.45, 7) is 1.92. The highest BCUT2D eigenvalue weighted by Crippen LogP contribution is 2.33. The lowest BCUT2D eigenvalue weighted by atomic mass is 9.86. The van der Waals surface area contributed by atoms with E-state index in [-0.39, 0.29) is 55.0 Å². The van der Waals surface area contributed by atoms with Gasteiger partial charge in [-0.3, -0.25) is 4.57 Å². The number of nitrogens with zero attached hydrogens (tertiary/aromatic N) is 6. The lowest BCUT2D eigenvalue weighted by molar-refractivity contribution is -0.271. The van der Waals surface area contributed by atoms with Crippen molar-refractivity contribution in [2.45, 2.75) is 75.6 Å². The number of amides is 2. The number of aromatic nitrogens is 3. The summed E-state index contributed by atoms with van der Waals surface area (Å²) in [5.74, 6) is -0.868. The van der Waals surface area contributed by atoms with E-state index in [9.17, 15) is 43.2 Å². The van der Waals surface area contributed by atoms with Crippen molar-refractivity contribution in [1.29, 1.82) is 0 Å². The van der Waals surface area contributed by atoms with Crippen molar-refractivity contribution in [3.8, 4) is 5.75 Å². The first-order valence-electron chi connectivity index (χ1n) is 17.2. The Morgan fingerprint density at radius 1 is 1.04 bits per heavy atom. The summed E-state index contributed by atoms with van der Waals surface area (Å²) in [6, 6.07) is 5.60. The molecule has 1 aliphatic carbocycles. The molecule has 20 nitrogen and oxygen atoms in total. The molecule has 5 rings (SSSR count). The van der Waals surface area contributed by atoms with Crippen LogP contribution in [0.25, 0.3) is 11.0 Å². The highest BCUT2D eigenvalue weighted by atomic mass is 32.2. The van der Waals surface area contributed by atoms with Gasteiger partial charge in [-0.2, -0.15) is 0 Å². The van der Waals surface area contributed by atoms with Crippen LogP contribution in [0.15, 0.2) is 36.8 Å². The van der Waals surface area contributed by atoms with Crippen molar-refractivity contribution in [2.75, 3.05) is 50.6 Å². The molecule has 2 aliphatic rings. The Hall–Kier alpha value is -4.80. The zero-order chi connectivity index (χ0) is 39.5. The van der Waals surface area contributed by atoms with Crippen molar-refractivity contribution in [3.63, 3.8) is 0 Å². The standard InChI is InChI=1S/C33H46N8O12S/c1-5-12-54(49,50)37-19-14-20(15-19)40(4)28-21-8-9-41(29(21)36-17-35-28)32(47)38(2)10-11-39(3)33(48)51-16-18-6-7-23(22(34)13-18)52-31-26(44)24(42)25(43)27(53-31)30(45)46/h6-9,13,17,19-20,24-27,31,37,42-44H,5,10-12,14-16,34H2,1-4H3,(H,45,46)/t19-,20+,24-,25-,26+,27-,31+/m0/s1. The van der Waals surface area contributed by atoms with Crippen LogP contribution >= 0.6 is 0 Å². The largest absolute Gasteiger partial charge is 0.479 e. The number of nitrogens with two attached hydrogens (primary N) is 1. The Balaban J connectivity index is 1.10. The van der Waals surface area contributed by atoms with Gasteiger partial charge in [0.2, 0.25) is 16.3 Å². The minimum atomic E-state index is -3.31. The third-order valence-electron chi connectivity index (χ3n) is 9.38. The Morgan fingerprint density at radius 3 is 2.41 bits per heavy atom. The number of carboxylic acid groups (broad SMARTS) is 1. The molecule has 0 unspecified atom stereocenters. The number of likely N-dealkylation sites (N-methyl/N-ethyl adjacent to an activating group) is 2. The third kappa shape index (κ3) is 8.93. The number of aliphatic hydroxyl groups excluding tert-OH is 3.